The number of thiazole rings is 1. The molecule has 0 bridgehead atoms. The molecule has 0 N–H and O–H groups in total. The van der Waals surface area contributed by atoms with Crippen LogP contribution in [-0.2, 0) is 17.4 Å². The quantitative estimate of drug-likeness (QED) is 0.565. The number of amides is 1. The first-order chi connectivity index (χ1) is 15.8. The highest BCUT2D eigenvalue weighted by atomic mass is 32.1. The van der Waals surface area contributed by atoms with Crippen molar-refractivity contribution in [2.45, 2.75) is 19.0 Å². The van der Waals surface area contributed by atoms with Crippen molar-refractivity contribution in [1.29, 1.82) is 5.26 Å². The third kappa shape index (κ3) is 5.31. The summed E-state index contributed by atoms with van der Waals surface area (Å²) in [6.07, 6.45) is -1.85. The van der Waals surface area contributed by atoms with Gasteiger partial charge in [-0.25, -0.2) is 9.97 Å². The van der Waals surface area contributed by atoms with Gasteiger partial charge in [0.05, 0.1) is 23.2 Å². The first kappa shape index (κ1) is 22.7. The summed E-state index contributed by atoms with van der Waals surface area (Å²) in [4.78, 5) is 25.5. The van der Waals surface area contributed by atoms with Crippen molar-refractivity contribution in [3.8, 4) is 16.6 Å². The van der Waals surface area contributed by atoms with Crippen LogP contribution >= 0.6 is 11.3 Å². The number of carbonyl (C=O) groups is 1. The van der Waals surface area contributed by atoms with Crippen LogP contribution in [0.2, 0.25) is 0 Å². The molecule has 1 aromatic carbocycles. The zero-order valence-electron chi connectivity index (χ0n) is 17.5. The summed E-state index contributed by atoms with van der Waals surface area (Å²) in [5.41, 5.74) is 0.981. The van der Waals surface area contributed by atoms with E-state index < -0.39 is 11.7 Å². The Morgan fingerprint density at radius 3 is 2.64 bits per heavy atom. The lowest BCUT2D eigenvalue weighted by Gasteiger charge is -2.23. The Bertz CT molecular complexity index is 1170. The largest absolute Gasteiger partial charge is 0.416 e. The zero-order valence-corrected chi connectivity index (χ0v) is 18.4. The second-order valence-electron chi connectivity index (χ2n) is 7.60. The molecule has 6 nitrogen and oxygen atoms in total. The number of nitriles is 1. The third-order valence-electron chi connectivity index (χ3n) is 5.40. The van der Waals surface area contributed by atoms with E-state index >= 15 is 0 Å². The van der Waals surface area contributed by atoms with Crippen LogP contribution in [0.5, 0.6) is 0 Å². The van der Waals surface area contributed by atoms with Crippen LogP contribution in [0.25, 0.3) is 10.6 Å². The minimum Gasteiger partial charge on any atom is -0.354 e. The third-order valence-corrected chi connectivity index (χ3v) is 6.34. The van der Waals surface area contributed by atoms with Gasteiger partial charge in [0.1, 0.15) is 16.9 Å². The van der Waals surface area contributed by atoms with Gasteiger partial charge in [0.2, 0.25) is 5.91 Å². The van der Waals surface area contributed by atoms with Gasteiger partial charge in [-0.05, 0) is 30.7 Å². The lowest BCUT2D eigenvalue weighted by molar-refractivity contribution is -0.137. The number of halogens is 3. The molecule has 0 aliphatic carbocycles. The number of hydrogen-bond donors (Lipinski definition) is 0. The van der Waals surface area contributed by atoms with Crippen LogP contribution in [0.4, 0.5) is 19.0 Å². The molecule has 1 aliphatic rings. The van der Waals surface area contributed by atoms with E-state index in [9.17, 15) is 23.2 Å². The number of aromatic nitrogens is 2. The molecule has 3 aromatic rings. The molecule has 3 heterocycles. The standard InChI is InChI=1S/C23H20F3N5OS/c24-23(25,26)18-6-4-16(5-7-18)22-29-19(15-33-22)13-20(32)30-9-2-10-31(12-11-30)21-17(14-27)3-1-8-28-21/h1,3-8,15H,2,9-13H2. The lowest BCUT2D eigenvalue weighted by Crippen LogP contribution is -2.36. The maximum atomic E-state index is 12.9. The number of anilines is 1. The molecule has 1 amide bonds. The van der Waals surface area contributed by atoms with E-state index in [0.29, 0.717) is 53.8 Å². The van der Waals surface area contributed by atoms with Crippen LogP contribution in [0.15, 0.2) is 48.0 Å². The Balaban J connectivity index is 1.38. The van der Waals surface area contributed by atoms with E-state index in [1.807, 2.05) is 4.90 Å². The predicted octanol–water partition coefficient (Wildman–Crippen LogP) is 4.38. The highest BCUT2D eigenvalue weighted by Gasteiger charge is 2.30. The van der Waals surface area contributed by atoms with E-state index in [0.717, 1.165) is 18.6 Å². The second kappa shape index (κ2) is 9.58. The molecule has 1 fully saturated rings. The smallest absolute Gasteiger partial charge is 0.354 e. The maximum Gasteiger partial charge on any atom is 0.416 e. The van der Waals surface area contributed by atoms with Crippen molar-refractivity contribution >= 4 is 23.1 Å². The average Bonchev–Trinajstić information content (AvgIpc) is 3.13. The molecule has 4 rings (SSSR count). The molecule has 1 aliphatic heterocycles. The molecule has 0 unspecified atom stereocenters. The molecule has 0 spiro atoms. The van der Waals surface area contributed by atoms with Gasteiger partial charge in [0, 0.05) is 43.3 Å². The summed E-state index contributed by atoms with van der Waals surface area (Å²) in [6, 6.07) is 10.5. The number of pyridine rings is 1. The van der Waals surface area contributed by atoms with E-state index in [2.05, 4.69) is 16.0 Å². The zero-order chi connectivity index (χ0) is 23.4. The monoisotopic (exact) mass is 471 g/mol. The molecule has 2 aromatic heterocycles. The van der Waals surface area contributed by atoms with Gasteiger partial charge in [-0.1, -0.05) is 12.1 Å². The van der Waals surface area contributed by atoms with Gasteiger partial charge in [-0.2, -0.15) is 18.4 Å². The minimum atomic E-state index is -4.38. The molecule has 1 saturated heterocycles. The number of benzene rings is 1. The van der Waals surface area contributed by atoms with Crippen molar-refractivity contribution < 1.29 is 18.0 Å². The van der Waals surface area contributed by atoms with Gasteiger partial charge in [0.15, 0.2) is 0 Å². The second-order valence-corrected chi connectivity index (χ2v) is 8.46. The fourth-order valence-electron chi connectivity index (χ4n) is 3.70. The first-order valence-corrected chi connectivity index (χ1v) is 11.2. The highest BCUT2D eigenvalue weighted by molar-refractivity contribution is 7.13. The molecule has 0 atom stereocenters. The van der Waals surface area contributed by atoms with Gasteiger partial charge in [-0.15, -0.1) is 11.3 Å². The van der Waals surface area contributed by atoms with Crippen LogP contribution in [0, 0.1) is 11.3 Å². The van der Waals surface area contributed by atoms with Crippen molar-refractivity contribution in [2.75, 3.05) is 31.1 Å². The van der Waals surface area contributed by atoms with Crippen molar-refractivity contribution in [1.82, 2.24) is 14.9 Å². The van der Waals surface area contributed by atoms with Gasteiger partial charge >= 0.3 is 6.18 Å². The lowest BCUT2D eigenvalue weighted by atomic mass is 10.1. The number of nitrogens with zero attached hydrogens (tertiary/aromatic N) is 5. The summed E-state index contributed by atoms with van der Waals surface area (Å²) < 4.78 is 38.3. The van der Waals surface area contributed by atoms with E-state index in [1.54, 1.807) is 28.6 Å². The number of alkyl halides is 3. The molecular formula is C23H20F3N5OS. The number of hydrogen-bond acceptors (Lipinski definition) is 6. The predicted molar refractivity (Wildman–Crippen MR) is 119 cm³/mol. The van der Waals surface area contributed by atoms with E-state index in [1.165, 1.54) is 23.5 Å². The highest BCUT2D eigenvalue weighted by Crippen LogP contribution is 2.32. The Morgan fingerprint density at radius 2 is 1.91 bits per heavy atom. The van der Waals surface area contributed by atoms with E-state index in [-0.39, 0.29) is 12.3 Å². The van der Waals surface area contributed by atoms with Crippen LogP contribution in [-0.4, -0.2) is 47.0 Å². The SMILES string of the molecule is N#Cc1cccnc1N1CCCN(C(=O)Cc2csc(-c3ccc(C(F)(F)F)cc3)n2)CC1. The fraction of sp³-hybridized carbons (Fsp3) is 0.304. The Morgan fingerprint density at radius 1 is 1.12 bits per heavy atom. The summed E-state index contributed by atoms with van der Waals surface area (Å²) in [7, 11) is 0. The molecule has 0 saturated carbocycles. The van der Waals surface area contributed by atoms with Crippen LogP contribution in [0.3, 0.4) is 0 Å². The number of rotatable bonds is 4. The molecule has 10 heteroatoms. The number of carbonyl (C=O) groups excluding carboxylic acids is 1. The Hall–Kier alpha value is -3.45. The molecule has 33 heavy (non-hydrogen) atoms. The molecule has 170 valence electrons. The van der Waals surface area contributed by atoms with Crippen LogP contribution in [0.1, 0.15) is 23.2 Å². The van der Waals surface area contributed by atoms with Gasteiger partial charge < -0.3 is 9.80 Å². The van der Waals surface area contributed by atoms with Crippen LogP contribution < -0.4 is 4.90 Å². The molecular weight excluding hydrogens is 451 g/mol. The topological polar surface area (TPSA) is 73.1 Å². The maximum absolute atomic E-state index is 12.9. The average molecular weight is 472 g/mol. The minimum absolute atomic E-state index is 0.0531. The summed E-state index contributed by atoms with van der Waals surface area (Å²) in [5, 5.41) is 11.7. The van der Waals surface area contributed by atoms with Crippen molar-refractivity contribution in [3.05, 3.63) is 64.8 Å². The fourth-order valence-corrected chi connectivity index (χ4v) is 4.53. The van der Waals surface area contributed by atoms with Gasteiger partial charge in [-0.3, -0.25) is 4.79 Å². The first-order valence-electron chi connectivity index (χ1n) is 10.3. The summed E-state index contributed by atoms with van der Waals surface area (Å²) in [6.45, 7) is 2.38. The van der Waals surface area contributed by atoms with Gasteiger partial charge in [0.25, 0.3) is 0 Å². The Labute approximate surface area is 192 Å². The van der Waals surface area contributed by atoms with Crippen molar-refractivity contribution in [3.63, 3.8) is 0 Å². The summed E-state index contributed by atoms with van der Waals surface area (Å²) in [5.74, 6) is 0.581. The Kier molecular flexibility index (Phi) is 6.60. The van der Waals surface area contributed by atoms with E-state index in [4.69, 9.17) is 0 Å². The molecule has 0 radical (unpaired) electrons. The normalized spacial score (nSPS) is 14.6. The summed E-state index contributed by atoms with van der Waals surface area (Å²) >= 11 is 1.30. The van der Waals surface area contributed by atoms with Crippen molar-refractivity contribution in [2.24, 2.45) is 0 Å².